The fraction of sp³-hybridized carbons (Fsp3) is 0.833. The van der Waals surface area contributed by atoms with E-state index in [0.717, 1.165) is 11.8 Å². The summed E-state index contributed by atoms with van der Waals surface area (Å²) >= 11 is 0. The Bertz CT molecular complexity index is 174. The highest BCUT2D eigenvalue weighted by molar-refractivity contribution is 4.87. The van der Waals surface area contributed by atoms with E-state index in [1.165, 1.54) is 25.5 Å². The Hall–Kier alpha value is -0.460. The van der Waals surface area contributed by atoms with E-state index in [2.05, 4.69) is 20.8 Å². The smallest absolute Gasteiger partial charge is 0.0754 e. The molecular weight excluding hydrogens is 160 g/mol. The van der Waals surface area contributed by atoms with E-state index in [-0.39, 0.29) is 0 Å². The molecule has 1 rings (SSSR count). The molecular formula is C12H22O. The third-order valence-electron chi connectivity index (χ3n) is 3.70. The van der Waals surface area contributed by atoms with E-state index in [1.807, 2.05) is 6.08 Å². The maximum Gasteiger partial charge on any atom is 0.0754 e. The topological polar surface area (TPSA) is 20.2 Å². The van der Waals surface area contributed by atoms with Crippen molar-refractivity contribution >= 4 is 0 Å². The summed E-state index contributed by atoms with van der Waals surface area (Å²) in [5.41, 5.74) is 0. The molecule has 0 spiro atoms. The Labute approximate surface area is 81.9 Å². The van der Waals surface area contributed by atoms with Gasteiger partial charge in [0.2, 0.25) is 0 Å². The predicted octanol–water partition coefficient (Wildman–Crippen LogP) is 3.77. The molecule has 0 radical (unpaired) electrons. The van der Waals surface area contributed by atoms with E-state index < -0.39 is 0 Å². The molecule has 4 atom stereocenters. The van der Waals surface area contributed by atoms with Crippen LogP contribution in [0.25, 0.3) is 0 Å². The van der Waals surface area contributed by atoms with Crippen molar-refractivity contribution in [2.45, 2.75) is 40.0 Å². The average molecular weight is 182 g/mol. The molecule has 1 N–H and O–H groups in total. The summed E-state index contributed by atoms with van der Waals surface area (Å²) in [5, 5.41) is 8.70. The number of hydrogen-bond donors (Lipinski definition) is 1. The Kier molecular flexibility index (Phi) is 3.83. The van der Waals surface area contributed by atoms with E-state index in [4.69, 9.17) is 5.11 Å². The van der Waals surface area contributed by atoms with E-state index in [1.54, 1.807) is 0 Å². The molecule has 0 amide bonds. The molecule has 0 bridgehead atoms. The van der Waals surface area contributed by atoms with Gasteiger partial charge in [-0.1, -0.05) is 27.2 Å². The molecule has 13 heavy (non-hydrogen) atoms. The van der Waals surface area contributed by atoms with Crippen molar-refractivity contribution in [2.75, 3.05) is 0 Å². The van der Waals surface area contributed by atoms with Crippen molar-refractivity contribution in [1.29, 1.82) is 0 Å². The van der Waals surface area contributed by atoms with Crippen molar-refractivity contribution in [2.24, 2.45) is 23.7 Å². The van der Waals surface area contributed by atoms with Gasteiger partial charge in [0.1, 0.15) is 0 Å². The van der Waals surface area contributed by atoms with Crippen LogP contribution in [0.3, 0.4) is 0 Å². The van der Waals surface area contributed by atoms with Gasteiger partial charge < -0.3 is 5.11 Å². The van der Waals surface area contributed by atoms with Gasteiger partial charge in [-0.15, -0.1) is 0 Å². The second kappa shape index (κ2) is 4.69. The summed E-state index contributed by atoms with van der Waals surface area (Å²) in [5.74, 6) is 3.02. The third kappa shape index (κ3) is 2.75. The number of aliphatic hydroxyl groups excluding tert-OH is 1. The van der Waals surface area contributed by atoms with Crippen LogP contribution < -0.4 is 0 Å². The maximum atomic E-state index is 8.70. The zero-order chi connectivity index (χ0) is 9.84. The Morgan fingerprint density at radius 2 is 2.00 bits per heavy atom. The van der Waals surface area contributed by atoms with E-state index in [9.17, 15) is 0 Å². The molecule has 1 aliphatic carbocycles. The van der Waals surface area contributed by atoms with Crippen LogP contribution in [-0.4, -0.2) is 5.11 Å². The molecule has 0 aromatic rings. The zero-order valence-electron chi connectivity index (χ0n) is 9.03. The number of aliphatic hydroxyl groups is 1. The van der Waals surface area contributed by atoms with Gasteiger partial charge >= 0.3 is 0 Å². The van der Waals surface area contributed by atoms with Gasteiger partial charge in [-0.25, -0.2) is 0 Å². The fourth-order valence-corrected chi connectivity index (χ4v) is 2.47. The first kappa shape index (κ1) is 10.6. The van der Waals surface area contributed by atoms with Gasteiger partial charge in [-0.05, 0) is 42.6 Å². The summed E-state index contributed by atoms with van der Waals surface area (Å²) < 4.78 is 0. The first-order valence-electron chi connectivity index (χ1n) is 5.46. The minimum absolute atomic E-state index is 0.514. The molecule has 1 nitrogen and oxygen atoms in total. The Balaban J connectivity index is 2.42. The zero-order valence-corrected chi connectivity index (χ0v) is 9.03. The van der Waals surface area contributed by atoms with Gasteiger partial charge in [0, 0.05) is 0 Å². The highest BCUT2D eigenvalue weighted by Crippen LogP contribution is 2.38. The SMILES string of the molecule is CC1CCC(C(C)C(C)/C=C/O)C1. The lowest BCUT2D eigenvalue weighted by atomic mass is 9.82. The maximum absolute atomic E-state index is 8.70. The first-order valence-corrected chi connectivity index (χ1v) is 5.46. The minimum atomic E-state index is 0.514. The molecule has 1 aliphatic rings. The second-order valence-corrected chi connectivity index (χ2v) is 4.74. The highest BCUT2D eigenvalue weighted by Gasteiger charge is 2.28. The minimum Gasteiger partial charge on any atom is -0.516 e. The van der Waals surface area contributed by atoms with Gasteiger partial charge in [0.25, 0.3) is 0 Å². The monoisotopic (exact) mass is 182 g/mol. The van der Waals surface area contributed by atoms with Crippen LogP contribution in [0.15, 0.2) is 12.3 Å². The van der Waals surface area contributed by atoms with Crippen LogP contribution in [0, 0.1) is 23.7 Å². The van der Waals surface area contributed by atoms with Crippen molar-refractivity contribution in [3.05, 3.63) is 12.3 Å². The summed E-state index contributed by atoms with van der Waals surface area (Å²) in [7, 11) is 0. The first-order chi connectivity index (χ1) is 6.15. The predicted molar refractivity (Wildman–Crippen MR) is 56.6 cm³/mol. The summed E-state index contributed by atoms with van der Waals surface area (Å²) in [6, 6.07) is 0. The molecule has 76 valence electrons. The molecule has 0 aromatic carbocycles. The van der Waals surface area contributed by atoms with Crippen LogP contribution >= 0.6 is 0 Å². The summed E-state index contributed by atoms with van der Waals surface area (Å²) in [4.78, 5) is 0. The van der Waals surface area contributed by atoms with E-state index in [0.29, 0.717) is 11.8 Å². The molecule has 0 heterocycles. The van der Waals surface area contributed by atoms with Crippen LogP contribution in [0.2, 0.25) is 0 Å². The van der Waals surface area contributed by atoms with Gasteiger partial charge in [0.05, 0.1) is 6.26 Å². The molecule has 1 heteroatoms. The number of allylic oxidation sites excluding steroid dienone is 1. The average Bonchev–Trinajstić information content (AvgIpc) is 2.51. The van der Waals surface area contributed by atoms with Gasteiger partial charge in [-0.2, -0.15) is 0 Å². The van der Waals surface area contributed by atoms with Gasteiger partial charge in [-0.3, -0.25) is 0 Å². The lowest BCUT2D eigenvalue weighted by Gasteiger charge is -2.23. The fourth-order valence-electron chi connectivity index (χ4n) is 2.47. The highest BCUT2D eigenvalue weighted by atomic mass is 16.2. The van der Waals surface area contributed by atoms with Crippen molar-refractivity contribution in [1.82, 2.24) is 0 Å². The molecule has 4 unspecified atom stereocenters. The van der Waals surface area contributed by atoms with E-state index >= 15 is 0 Å². The van der Waals surface area contributed by atoms with Gasteiger partial charge in [0.15, 0.2) is 0 Å². The largest absolute Gasteiger partial charge is 0.516 e. The van der Waals surface area contributed by atoms with Crippen molar-refractivity contribution in [3.63, 3.8) is 0 Å². The van der Waals surface area contributed by atoms with Crippen LogP contribution in [0.5, 0.6) is 0 Å². The van der Waals surface area contributed by atoms with Crippen molar-refractivity contribution in [3.8, 4) is 0 Å². The number of rotatable bonds is 3. The van der Waals surface area contributed by atoms with Crippen LogP contribution in [0.1, 0.15) is 40.0 Å². The van der Waals surface area contributed by atoms with Crippen molar-refractivity contribution < 1.29 is 5.11 Å². The summed E-state index contributed by atoms with van der Waals surface area (Å²) in [6.45, 7) is 6.85. The Morgan fingerprint density at radius 3 is 2.46 bits per heavy atom. The second-order valence-electron chi connectivity index (χ2n) is 4.74. The molecule has 0 saturated heterocycles. The molecule has 0 aliphatic heterocycles. The number of hydrogen-bond acceptors (Lipinski definition) is 1. The normalized spacial score (nSPS) is 33.8. The third-order valence-corrected chi connectivity index (χ3v) is 3.70. The van der Waals surface area contributed by atoms with Crippen LogP contribution in [-0.2, 0) is 0 Å². The molecule has 0 aromatic heterocycles. The van der Waals surface area contributed by atoms with Crippen LogP contribution in [0.4, 0.5) is 0 Å². The standard InChI is InChI=1S/C12H22O/c1-9-4-5-12(8-9)11(3)10(2)6-7-13/h6-7,9-13H,4-5,8H2,1-3H3/b7-6+. The molecule has 1 fully saturated rings. The Morgan fingerprint density at radius 1 is 1.31 bits per heavy atom. The lowest BCUT2D eigenvalue weighted by Crippen LogP contribution is -2.15. The molecule has 1 saturated carbocycles. The quantitative estimate of drug-likeness (QED) is 0.659. The lowest BCUT2D eigenvalue weighted by molar-refractivity contribution is 0.293. The summed E-state index contributed by atoms with van der Waals surface area (Å²) in [6.07, 6.45) is 7.26.